The van der Waals surface area contributed by atoms with Crippen molar-refractivity contribution in [1.82, 2.24) is 4.90 Å². The Morgan fingerprint density at radius 2 is 1.94 bits per heavy atom. The number of carbonyl (C=O) groups is 1. The number of likely N-dealkylation sites (tertiary alicyclic amines) is 1. The molecular formula is C28H29NO4. The molecule has 2 spiro atoms. The quantitative estimate of drug-likeness (QED) is 0.532. The zero-order valence-electron chi connectivity index (χ0n) is 19.3. The first kappa shape index (κ1) is 19.8. The smallest absolute Gasteiger partial charge is 0.169 e. The molecule has 8 rings (SSSR count). The summed E-state index contributed by atoms with van der Waals surface area (Å²) in [5.41, 5.74) is 2.22. The lowest BCUT2D eigenvalue weighted by atomic mass is 9.37. The van der Waals surface area contributed by atoms with Gasteiger partial charge in [0, 0.05) is 29.7 Å². The summed E-state index contributed by atoms with van der Waals surface area (Å²) in [6, 6.07) is 14.3. The number of carbonyl (C=O) groups excluding carboxylic acids is 1. The van der Waals surface area contributed by atoms with Crippen LogP contribution >= 0.6 is 0 Å². The van der Waals surface area contributed by atoms with Crippen molar-refractivity contribution in [2.24, 2.45) is 11.3 Å². The van der Waals surface area contributed by atoms with Gasteiger partial charge < -0.3 is 19.1 Å². The Morgan fingerprint density at radius 3 is 2.70 bits per heavy atom. The van der Waals surface area contributed by atoms with E-state index in [1.807, 2.05) is 36.4 Å². The number of likely N-dealkylation sites (N-methyl/N-ethyl adjacent to an activating group) is 1. The molecule has 2 aromatic rings. The first-order valence-corrected chi connectivity index (χ1v) is 11.9. The molecule has 33 heavy (non-hydrogen) atoms. The Balaban J connectivity index is 1.50. The van der Waals surface area contributed by atoms with E-state index in [1.165, 1.54) is 11.1 Å². The van der Waals surface area contributed by atoms with Crippen LogP contribution in [0.25, 0.3) is 0 Å². The van der Waals surface area contributed by atoms with Crippen LogP contribution in [0, 0.1) is 11.3 Å². The van der Waals surface area contributed by atoms with E-state index in [0.29, 0.717) is 6.04 Å². The van der Waals surface area contributed by atoms with Crippen molar-refractivity contribution in [2.75, 3.05) is 27.8 Å². The molecule has 1 unspecified atom stereocenters. The van der Waals surface area contributed by atoms with Gasteiger partial charge in [0.15, 0.2) is 17.3 Å². The third-order valence-electron chi connectivity index (χ3n) is 9.65. The van der Waals surface area contributed by atoms with E-state index >= 15 is 0 Å². The summed E-state index contributed by atoms with van der Waals surface area (Å²) >= 11 is 0. The zero-order valence-corrected chi connectivity index (χ0v) is 19.3. The average Bonchev–Trinajstić information content (AvgIpc) is 3.23. The second kappa shape index (κ2) is 6.28. The number of rotatable bonds is 4. The van der Waals surface area contributed by atoms with Crippen molar-refractivity contribution in [1.29, 1.82) is 0 Å². The number of Topliss-reactive ketones (excluding diaryl/α,β-unsaturated/α-hetero) is 1. The highest BCUT2D eigenvalue weighted by Crippen LogP contribution is 2.74. The Labute approximate surface area is 194 Å². The van der Waals surface area contributed by atoms with E-state index in [9.17, 15) is 4.79 Å². The maximum absolute atomic E-state index is 14.0. The minimum atomic E-state index is -0.812. The van der Waals surface area contributed by atoms with Crippen LogP contribution in [-0.4, -0.2) is 56.2 Å². The second-order valence-corrected chi connectivity index (χ2v) is 10.5. The van der Waals surface area contributed by atoms with Gasteiger partial charge in [0.25, 0.3) is 0 Å². The van der Waals surface area contributed by atoms with Crippen LogP contribution in [0.1, 0.15) is 34.3 Å². The van der Waals surface area contributed by atoms with Crippen LogP contribution in [0.15, 0.2) is 54.6 Å². The molecule has 4 bridgehead atoms. The van der Waals surface area contributed by atoms with Gasteiger partial charge in [0.2, 0.25) is 0 Å². The molecule has 5 heteroatoms. The predicted molar refractivity (Wildman–Crippen MR) is 124 cm³/mol. The molecule has 0 amide bonds. The van der Waals surface area contributed by atoms with Crippen LogP contribution in [0.4, 0.5) is 0 Å². The number of piperidine rings is 1. The minimum absolute atomic E-state index is 0.147. The first-order chi connectivity index (χ1) is 16.0. The Morgan fingerprint density at radius 1 is 1.12 bits per heavy atom. The summed E-state index contributed by atoms with van der Waals surface area (Å²) in [7, 11) is 5.68. The molecule has 0 N–H and O–H groups in total. The van der Waals surface area contributed by atoms with Gasteiger partial charge in [-0.15, -0.1) is 0 Å². The lowest BCUT2D eigenvalue weighted by Crippen LogP contribution is -2.79. The maximum Gasteiger partial charge on any atom is 0.169 e. The number of ether oxygens (including phenoxy) is 3. The number of fused-ring (bicyclic) bond motifs is 1. The summed E-state index contributed by atoms with van der Waals surface area (Å²) < 4.78 is 19.0. The molecular weight excluding hydrogens is 414 g/mol. The number of hydrogen-bond donors (Lipinski definition) is 0. The molecule has 0 radical (unpaired) electrons. The number of benzene rings is 2. The van der Waals surface area contributed by atoms with Gasteiger partial charge in [-0.05, 0) is 44.5 Å². The fraction of sp³-hybridized carbons (Fsp3) is 0.464. The number of methoxy groups -OCH3 is 2. The summed E-state index contributed by atoms with van der Waals surface area (Å²) in [5, 5.41) is 0. The third-order valence-corrected chi connectivity index (χ3v) is 9.65. The van der Waals surface area contributed by atoms with Gasteiger partial charge in [-0.2, -0.15) is 0 Å². The van der Waals surface area contributed by atoms with Crippen molar-refractivity contribution in [3.05, 3.63) is 71.3 Å². The molecule has 1 saturated heterocycles. The van der Waals surface area contributed by atoms with E-state index in [1.54, 1.807) is 14.2 Å². The van der Waals surface area contributed by atoms with Gasteiger partial charge >= 0.3 is 0 Å². The Hall–Kier alpha value is -2.63. The van der Waals surface area contributed by atoms with Crippen LogP contribution in [0.5, 0.6) is 11.5 Å². The molecule has 2 aromatic carbocycles. The normalized spacial score (nSPS) is 39.2. The molecule has 4 aliphatic carbocycles. The van der Waals surface area contributed by atoms with Gasteiger partial charge in [-0.25, -0.2) is 0 Å². The summed E-state index contributed by atoms with van der Waals surface area (Å²) in [4.78, 5) is 16.5. The standard InChI is InChI=1S/C28H29NO4/c1-29-14-13-27-22-18-9-10-20(31-2)24(22)33-25(27)28(32-3)12-11-26(27,21(29)15-18)16-19(28)23(30)17-7-5-4-6-8-17/h4-12,19,21,25H,13-16H2,1-3H3/t19-,21-,25-,26-,27+,28?/m1/s1. The van der Waals surface area contributed by atoms with Crippen LogP contribution < -0.4 is 9.47 Å². The molecule has 5 nitrogen and oxygen atoms in total. The van der Waals surface area contributed by atoms with E-state index < -0.39 is 5.60 Å². The molecule has 1 saturated carbocycles. The highest BCUT2D eigenvalue weighted by Gasteiger charge is 2.79. The molecule has 2 heterocycles. The fourth-order valence-electron chi connectivity index (χ4n) is 8.31. The lowest BCUT2D eigenvalue weighted by molar-refractivity contribution is -0.203. The first-order valence-electron chi connectivity index (χ1n) is 11.9. The van der Waals surface area contributed by atoms with Crippen LogP contribution in [0.3, 0.4) is 0 Å². The largest absolute Gasteiger partial charge is 0.493 e. The third kappa shape index (κ3) is 2.02. The maximum atomic E-state index is 14.0. The average molecular weight is 444 g/mol. The van der Waals surface area contributed by atoms with Crippen molar-refractivity contribution in [2.45, 2.75) is 42.4 Å². The molecule has 2 aliphatic heterocycles. The van der Waals surface area contributed by atoms with Crippen molar-refractivity contribution in [3.63, 3.8) is 0 Å². The number of ketones is 1. The molecule has 6 aliphatic rings. The molecule has 170 valence electrons. The summed E-state index contributed by atoms with van der Waals surface area (Å²) in [6.07, 6.45) is 7.05. The summed E-state index contributed by atoms with van der Waals surface area (Å²) in [6.45, 7) is 1.01. The Bertz CT molecular complexity index is 1210. The fourth-order valence-corrected chi connectivity index (χ4v) is 8.31. The molecule has 2 fully saturated rings. The lowest BCUT2D eigenvalue weighted by Gasteiger charge is -2.70. The minimum Gasteiger partial charge on any atom is -0.493 e. The van der Waals surface area contributed by atoms with Crippen LogP contribution in [0.2, 0.25) is 0 Å². The number of hydrogen-bond acceptors (Lipinski definition) is 5. The van der Waals surface area contributed by atoms with Gasteiger partial charge in [-0.1, -0.05) is 48.6 Å². The van der Waals surface area contributed by atoms with Crippen LogP contribution in [-0.2, 0) is 16.6 Å². The molecule has 6 atom stereocenters. The Kier molecular flexibility index (Phi) is 3.77. The number of nitrogens with zero attached hydrogens (tertiary/aromatic N) is 1. The second-order valence-electron chi connectivity index (χ2n) is 10.5. The van der Waals surface area contributed by atoms with Gasteiger partial charge in [-0.3, -0.25) is 4.79 Å². The van der Waals surface area contributed by atoms with Crippen molar-refractivity contribution >= 4 is 5.78 Å². The molecule has 0 aromatic heterocycles. The van der Waals surface area contributed by atoms with Gasteiger partial charge in [0.1, 0.15) is 11.7 Å². The van der Waals surface area contributed by atoms with Gasteiger partial charge in [0.05, 0.1) is 18.4 Å². The van der Waals surface area contributed by atoms with E-state index in [-0.39, 0.29) is 28.6 Å². The highest BCUT2D eigenvalue weighted by atomic mass is 16.6. The summed E-state index contributed by atoms with van der Waals surface area (Å²) in [5.74, 6) is 1.49. The monoisotopic (exact) mass is 443 g/mol. The zero-order chi connectivity index (χ0) is 22.6. The van der Waals surface area contributed by atoms with Crippen molar-refractivity contribution in [3.8, 4) is 11.5 Å². The van der Waals surface area contributed by atoms with E-state index in [0.717, 1.165) is 42.9 Å². The predicted octanol–water partition coefficient (Wildman–Crippen LogP) is 3.80. The highest BCUT2D eigenvalue weighted by molar-refractivity contribution is 5.99. The SMILES string of the molecule is COc1ccc2c3c1O[C@H]1C4(OC)C=C[C@@]5(C[C@@H]4C(=O)c4ccccc4)[C@@H](C2)N(C)CC[C@]315. The van der Waals surface area contributed by atoms with E-state index in [2.05, 4.69) is 30.2 Å². The van der Waals surface area contributed by atoms with E-state index in [4.69, 9.17) is 14.2 Å². The van der Waals surface area contributed by atoms with Crippen molar-refractivity contribution < 1.29 is 19.0 Å². The topological polar surface area (TPSA) is 48.0 Å².